The van der Waals surface area contributed by atoms with Crippen LogP contribution >= 0.6 is 23.2 Å². The molecule has 0 saturated carbocycles. The molecule has 2 N–H and O–H groups in total. The lowest BCUT2D eigenvalue weighted by atomic mass is 9.74. The number of nitrogens with zero attached hydrogens (tertiary/aromatic N) is 1. The first-order valence-corrected chi connectivity index (χ1v) is 8.79. The quantitative estimate of drug-likeness (QED) is 0.859. The highest BCUT2D eigenvalue weighted by Gasteiger charge is 2.56. The molecule has 2 aliphatic rings. The van der Waals surface area contributed by atoms with Gasteiger partial charge in [0.05, 0.1) is 34.3 Å². The van der Waals surface area contributed by atoms with Gasteiger partial charge in [-0.1, -0.05) is 23.2 Å². The highest BCUT2D eigenvalue weighted by molar-refractivity contribution is 6.42. The molecular formula is C18H16Cl2N2O3. The van der Waals surface area contributed by atoms with Crippen molar-refractivity contribution in [2.45, 2.75) is 30.7 Å². The number of amides is 1. The van der Waals surface area contributed by atoms with Gasteiger partial charge in [0.2, 0.25) is 5.91 Å². The van der Waals surface area contributed by atoms with Crippen LogP contribution in [0.15, 0.2) is 42.7 Å². The van der Waals surface area contributed by atoms with Crippen LogP contribution in [0.1, 0.15) is 17.9 Å². The smallest absolute Gasteiger partial charge is 0.230 e. The molecule has 0 spiro atoms. The van der Waals surface area contributed by atoms with E-state index in [0.717, 1.165) is 5.56 Å². The standard InChI is InChI=1S/C18H16Cl2N2O3/c19-11-2-1-10(7-12(11)20)22-18(24)16-14-8-13(23)17(25-14)15(16)9-3-5-21-6-4-9/h1-7,13-17,23H,8H2,(H,22,24). The maximum absolute atomic E-state index is 12.9. The minimum atomic E-state index is -0.558. The number of carbonyl (C=O) groups is 1. The molecule has 4 rings (SSSR count). The summed E-state index contributed by atoms with van der Waals surface area (Å²) in [6, 6.07) is 8.69. The molecule has 0 aliphatic carbocycles. The number of hydrogen-bond acceptors (Lipinski definition) is 4. The summed E-state index contributed by atoms with van der Waals surface area (Å²) in [4.78, 5) is 16.9. The molecule has 7 heteroatoms. The number of aliphatic hydroxyl groups is 1. The van der Waals surface area contributed by atoms with Crippen molar-refractivity contribution in [1.29, 1.82) is 0 Å². The summed E-state index contributed by atoms with van der Waals surface area (Å²) in [7, 11) is 0. The maximum atomic E-state index is 12.9. The number of anilines is 1. The average Bonchev–Trinajstić information content (AvgIpc) is 3.16. The second-order valence-corrected chi connectivity index (χ2v) is 7.21. The fourth-order valence-electron chi connectivity index (χ4n) is 3.83. The van der Waals surface area contributed by atoms with E-state index < -0.39 is 6.10 Å². The van der Waals surface area contributed by atoms with Crippen molar-refractivity contribution >= 4 is 34.8 Å². The van der Waals surface area contributed by atoms with Gasteiger partial charge in [-0.3, -0.25) is 9.78 Å². The predicted octanol–water partition coefficient (Wildman–Crippen LogP) is 3.26. The summed E-state index contributed by atoms with van der Waals surface area (Å²) < 4.78 is 5.89. The van der Waals surface area contributed by atoms with Crippen molar-refractivity contribution in [2.75, 3.05) is 5.32 Å². The van der Waals surface area contributed by atoms with Gasteiger partial charge in [-0.2, -0.15) is 0 Å². The van der Waals surface area contributed by atoms with Gasteiger partial charge >= 0.3 is 0 Å². The van der Waals surface area contributed by atoms with Crippen molar-refractivity contribution in [3.63, 3.8) is 0 Å². The number of pyridine rings is 1. The van der Waals surface area contributed by atoms with Gasteiger partial charge < -0.3 is 15.2 Å². The lowest BCUT2D eigenvalue weighted by Crippen LogP contribution is -2.41. The summed E-state index contributed by atoms with van der Waals surface area (Å²) in [5.74, 6) is -0.746. The van der Waals surface area contributed by atoms with E-state index in [1.807, 2.05) is 12.1 Å². The largest absolute Gasteiger partial charge is 0.390 e. The fraction of sp³-hybridized carbons (Fsp3) is 0.333. The Balaban J connectivity index is 1.61. The number of rotatable bonds is 3. The van der Waals surface area contributed by atoms with Crippen LogP contribution in [-0.4, -0.2) is 34.3 Å². The normalized spacial score (nSPS) is 30.4. The number of aromatic nitrogens is 1. The summed E-state index contributed by atoms with van der Waals surface area (Å²) in [6.07, 6.45) is 2.59. The summed E-state index contributed by atoms with van der Waals surface area (Å²) >= 11 is 11.9. The van der Waals surface area contributed by atoms with Crippen LogP contribution in [0.2, 0.25) is 10.0 Å². The Labute approximate surface area is 154 Å². The van der Waals surface area contributed by atoms with E-state index in [2.05, 4.69) is 10.3 Å². The van der Waals surface area contributed by atoms with E-state index in [1.54, 1.807) is 30.6 Å². The molecule has 130 valence electrons. The van der Waals surface area contributed by atoms with E-state index in [0.29, 0.717) is 22.2 Å². The Bertz CT molecular complexity index is 802. The highest BCUT2D eigenvalue weighted by Crippen LogP contribution is 2.49. The zero-order chi connectivity index (χ0) is 17.6. The summed E-state index contributed by atoms with van der Waals surface area (Å²) in [5.41, 5.74) is 1.52. The minimum Gasteiger partial charge on any atom is -0.390 e. The molecule has 5 nitrogen and oxygen atoms in total. The SMILES string of the molecule is O=C(Nc1ccc(Cl)c(Cl)c1)C1C2CC(O)C(O2)C1c1ccncc1. The van der Waals surface area contributed by atoms with Crippen molar-refractivity contribution in [3.8, 4) is 0 Å². The summed E-state index contributed by atoms with van der Waals surface area (Å²) in [6.45, 7) is 0. The number of halogens is 2. The van der Waals surface area contributed by atoms with Crippen LogP contribution in [0.3, 0.4) is 0 Å². The first-order chi connectivity index (χ1) is 12.0. The Morgan fingerprint density at radius 2 is 1.96 bits per heavy atom. The monoisotopic (exact) mass is 378 g/mol. The van der Waals surface area contributed by atoms with Crippen LogP contribution in [0, 0.1) is 5.92 Å². The minimum absolute atomic E-state index is 0.153. The molecule has 2 aromatic rings. The third kappa shape index (κ3) is 3.02. The number of benzene rings is 1. The first kappa shape index (κ1) is 16.8. The second kappa shape index (κ2) is 6.57. The Kier molecular flexibility index (Phi) is 4.41. The van der Waals surface area contributed by atoms with Crippen LogP contribution in [0.5, 0.6) is 0 Å². The second-order valence-electron chi connectivity index (χ2n) is 6.39. The Hall–Kier alpha value is -1.66. The van der Waals surface area contributed by atoms with E-state index in [1.165, 1.54) is 0 Å². The van der Waals surface area contributed by atoms with Gasteiger partial charge in [-0.25, -0.2) is 0 Å². The average molecular weight is 379 g/mol. The van der Waals surface area contributed by atoms with Gasteiger partial charge in [-0.15, -0.1) is 0 Å². The van der Waals surface area contributed by atoms with Crippen LogP contribution in [0.4, 0.5) is 5.69 Å². The number of nitrogens with one attached hydrogen (secondary N) is 1. The van der Waals surface area contributed by atoms with Gasteiger partial charge in [0.1, 0.15) is 0 Å². The molecule has 5 atom stereocenters. The first-order valence-electron chi connectivity index (χ1n) is 8.04. The van der Waals surface area contributed by atoms with Crippen LogP contribution in [-0.2, 0) is 9.53 Å². The van der Waals surface area contributed by atoms with Gasteiger partial charge in [-0.05, 0) is 35.9 Å². The molecule has 5 unspecified atom stereocenters. The van der Waals surface area contributed by atoms with E-state index in [4.69, 9.17) is 27.9 Å². The molecule has 2 bridgehead atoms. The molecule has 25 heavy (non-hydrogen) atoms. The van der Waals surface area contributed by atoms with Crippen molar-refractivity contribution in [3.05, 3.63) is 58.3 Å². The topological polar surface area (TPSA) is 71.5 Å². The summed E-state index contributed by atoms with van der Waals surface area (Å²) in [5, 5.41) is 13.9. The van der Waals surface area contributed by atoms with Gasteiger partial charge in [0.25, 0.3) is 0 Å². The highest BCUT2D eigenvalue weighted by atomic mass is 35.5. The zero-order valence-corrected chi connectivity index (χ0v) is 14.6. The molecule has 0 radical (unpaired) electrons. The van der Waals surface area contributed by atoms with Crippen molar-refractivity contribution in [2.24, 2.45) is 5.92 Å². The Morgan fingerprint density at radius 1 is 1.20 bits per heavy atom. The molecule has 1 amide bonds. The van der Waals surface area contributed by atoms with E-state index >= 15 is 0 Å². The number of carbonyl (C=O) groups excluding carboxylic acids is 1. The third-order valence-corrected chi connectivity index (χ3v) is 5.65. The van der Waals surface area contributed by atoms with Crippen LogP contribution in [0.25, 0.3) is 0 Å². The number of ether oxygens (including phenoxy) is 1. The fourth-order valence-corrected chi connectivity index (χ4v) is 4.12. The van der Waals surface area contributed by atoms with E-state index in [-0.39, 0.29) is 30.0 Å². The molecule has 1 aromatic carbocycles. The maximum Gasteiger partial charge on any atom is 0.230 e. The molecule has 3 heterocycles. The van der Waals surface area contributed by atoms with Gasteiger partial charge in [0.15, 0.2) is 0 Å². The number of aliphatic hydroxyl groups excluding tert-OH is 1. The van der Waals surface area contributed by atoms with E-state index in [9.17, 15) is 9.90 Å². The predicted molar refractivity (Wildman–Crippen MR) is 94.8 cm³/mol. The zero-order valence-electron chi connectivity index (χ0n) is 13.1. The molecule has 2 fully saturated rings. The third-order valence-electron chi connectivity index (χ3n) is 4.91. The number of hydrogen-bond donors (Lipinski definition) is 2. The number of fused-ring (bicyclic) bond motifs is 2. The molecule has 1 aromatic heterocycles. The molecular weight excluding hydrogens is 363 g/mol. The van der Waals surface area contributed by atoms with Crippen molar-refractivity contribution < 1.29 is 14.6 Å². The lowest BCUT2D eigenvalue weighted by molar-refractivity contribution is -0.121. The molecule has 2 aliphatic heterocycles. The molecule has 2 saturated heterocycles. The van der Waals surface area contributed by atoms with Crippen LogP contribution < -0.4 is 5.32 Å². The van der Waals surface area contributed by atoms with Crippen molar-refractivity contribution in [1.82, 2.24) is 4.98 Å². The lowest BCUT2D eigenvalue weighted by Gasteiger charge is -2.30. The Morgan fingerprint density at radius 3 is 2.68 bits per heavy atom. The van der Waals surface area contributed by atoms with Gasteiger partial charge in [0, 0.05) is 30.4 Å².